The van der Waals surface area contributed by atoms with E-state index in [2.05, 4.69) is 47.0 Å². The maximum absolute atomic E-state index is 9.90. The fraction of sp³-hybridized carbons (Fsp3) is 0.522. The molecule has 3 heterocycles. The van der Waals surface area contributed by atoms with Gasteiger partial charge in [-0.3, -0.25) is 0 Å². The largest absolute Gasteiger partial charge is 0.362 e. The number of piperazine rings is 1. The van der Waals surface area contributed by atoms with Crippen LogP contribution in [-0.4, -0.2) is 47.3 Å². The average molecular weight is 391 g/mol. The van der Waals surface area contributed by atoms with Crippen molar-refractivity contribution in [3.8, 4) is 6.07 Å². The Morgan fingerprint density at radius 3 is 2.93 bits per heavy atom. The molecule has 0 radical (unpaired) electrons. The Morgan fingerprint density at radius 1 is 1.41 bits per heavy atom. The van der Waals surface area contributed by atoms with Crippen LogP contribution in [-0.2, 0) is 0 Å². The highest BCUT2D eigenvalue weighted by atomic mass is 15.3. The maximum Gasteiger partial charge on any atom is 0.142 e. The Morgan fingerprint density at radius 2 is 2.24 bits per heavy atom. The first-order valence-electron chi connectivity index (χ1n) is 10.6. The van der Waals surface area contributed by atoms with Crippen LogP contribution >= 0.6 is 0 Å². The van der Waals surface area contributed by atoms with Crippen LogP contribution in [0, 0.1) is 23.2 Å². The van der Waals surface area contributed by atoms with Crippen molar-refractivity contribution in [2.24, 2.45) is 16.8 Å². The molecule has 2 atom stereocenters. The fourth-order valence-corrected chi connectivity index (χ4v) is 4.15. The Bertz CT molecular complexity index is 874. The molecule has 0 aromatic carbocycles. The van der Waals surface area contributed by atoms with Gasteiger partial charge in [0.1, 0.15) is 11.6 Å². The molecule has 2 aliphatic heterocycles. The first-order valence-corrected chi connectivity index (χ1v) is 10.6. The van der Waals surface area contributed by atoms with Crippen LogP contribution in [0.1, 0.15) is 38.7 Å². The van der Waals surface area contributed by atoms with Crippen molar-refractivity contribution in [1.29, 1.82) is 5.26 Å². The van der Waals surface area contributed by atoms with E-state index in [4.69, 9.17) is 4.99 Å². The van der Waals surface area contributed by atoms with Crippen LogP contribution in [0.2, 0.25) is 0 Å². The minimum atomic E-state index is 0.0253. The van der Waals surface area contributed by atoms with E-state index in [0.717, 1.165) is 42.4 Å². The molecule has 2 unspecified atom stereocenters. The van der Waals surface area contributed by atoms with Gasteiger partial charge in [-0.15, -0.1) is 0 Å². The summed E-state index contributed by atoms with van der Waals surface area (Å²) in [5.41, 5.74) is 2.99. The summed E-state index contributed by atoms with van der Waals surface area (Å²) in [4.78, 5) is 11.9. The van der Waals surface area contributed by atoms with Gasteiger partial charge in [0, 0.05) is 44.0 Å². The second-order valence-electron chi connectivity index (χ2n) is 8.56. The molecule has 0 amide bonds. The zero-order chi connectivity index (χ0) is 20.4. The molecule has 3 aliphatic rings. The fourth-order valence-electron chi connectivity index (χ4n) is 4.15. The van der Waals surface area contributed by atoms with Gasteiger partial charge in [0.2, 0.25) is 0 Å². The zero-order valence-corrected chi connectivity index (χ0v) is 17.4. The summed E-state index contributed by atoms with van der Waals surface area (Å²) in [6.45, 7) is 11.0. The highest BCUT2D eigenvalue weighted by Gasteiger charge is 2.38. The molecule has 0 bridgehead atoms. The summed E-state index contributed by atoms with van der Waals surface area (Å²) in [6, 6.07) is 6.83. The van der Waals surface area contributed by atoms with Crippen LogP contribution in [0.25, 0.3) is 6.08 Å². The van der Waals surface area contributed by atoms with Crippen molar-refractivity contribution in [2.75, 3.05) is 25.0 Å². The van der Waals surface area contributed by atoms with E-state index in [0.29, 0.717) is 24.3 Å². The lowest BCUT2D eigenvalue weighted by Crippen LogP contribution is -2.53. The highest BCUT2D eigenvalue weighted by molar-refractivity contribution is 5.97. The molecule has 2 fully saturated rings. The van der Waals surface area contributed by atoms with Crippen LogP contribution < -0.4 is 10.6 Å². The summed E-state index contributed by atoms with van der Waals surface area (Å²) in [5.74, 6) is 2.78. The van der Waals surface area contributed by atoms with Crippen molar-refractivity contribution < 1.29 is 0 Å². The number of pyridine rings is 1. The second-order valence-corrected chi connectivity index (χ2v) is 8.56. The first-order chi connectivity index (χ1) is 14.1. The molecule has 1 aromatic heterocycles. The molecule has 1 saturated heterocycles. The molecule has 0 spiro atoms. The lowest BCUT2D eigenvalue weighted by molar-refractivity contribution is 0.210. The van der Waals surface area contributed by atoms with Gasteiger partial charge >= 0.3 is 0 Å². The monoisotopic (exact) mass is 390 g/mol. The Balaban J connectivity index is 1.59. The normalized spacial score (nSPS) is 24.9. The van der Waals surface area contributed by atoms with E-state index >= 15 is 0 Å². The smallest absolute Gasteiger partial charge is 0.142 e. The molecule has 6 heteroatoms. The van der Waals surface area contributed by atoms with Crippen LogP contribution in [0.15, 0.2) is 41.3 Å². The van der Waals surface area contributed by atoms with Crippen molar-refractivity contribution in [3.05, 3.63) is 41.9 Å². The number of hydrogen-bond donors (Lipinski definition) is 2. The number of rotatable bonds is 6. The predicted molar refractivity (Wildman–Crippen MR) is 117 cm³/mol. The Kier molecular flexibility index (Phi) is 5.68. The quantitative estimate of drug-likeness (QED) is 0.778. The minimum Gasteiger partial charge on any atom is -0.362 e. The van der Waals surface area contributed by atoms with Gasteiger partial charge in [-0.1, -0.05) is 26.5 Å². The van der Waals surface area contributed by atoms with Gasteiger partial charge in [-0.05, 0) is 42.4 Å². The Labute approximate surface area is 173 Å². The highest BCUT2D eigenvalue weighted by Crippen LogP contribution is 2.37. The van der Waals surface area contributed by atoms with E-state index in [1.807, 2.05) is 18.2 Å². The lowest BCUT2D eigenvalue weighted by atomic mass is 9.95. The minimum absolute atomic E-state index is 0.0253. The number of aliphatic imine (C=N–C) groups is 1. The zero-order valence-electron chi connectivity index (χ0n) is 17.4. The van der Waals surface area contributed by atoms with Gasteiger partial charge < -0.3 is 15.5 Å². The summed E-state index contributed by atoms with van der Waals surface area (Å²) in [5, 5.41) is 17.0. The number of nitrogens with one attached hydrogen (secondary N) is 2. The van der Waals surface area contributed by atoms with Gasteiger partial charge in [0.15, 0.2) is 0 Å². The maximum atomic E-state index is 9.90. The van der Waals surface area contributed by atoms with Gasteiger partial charge in [-0.2, -0.15) is 5.26 Å². The lowest BCUT2D eigenvalue weighted by Gasteiger charge is -2.39. The van der Waals surface area contributed by atoms with Crippen molar-refractivity contribution >= 4 is 17.6 Å². The summed E-state index contributed by atoms with van der Waals surface area (Å²) < 4.78 is 0. The van der Waals surface area contributed by atoms with Gasteiger partial charge in [-0.25, -0.2) is 9.98 Å². The molecule has 4 rings (SSSR count). The number of nitrogens with zero attached hydrogens (tertiary/aromatic N) is 4. The molecular formula is C23H30N6. The number of aromatic nitrogens is 1. The molecule has 1 saturated carbocycles. The van der Waals surface area contributed by atoms with Crippen LogP contribution in [0.3, 0.4) is 0 Å². The third-order valence-electron chi connectivity index (χ3n) is 6.05. The third-order valence-corrected chi connectivity index (χ3v) is 6.05. The van der Waals surface area contributed by atoms with Gasteiger partial charge in [0.05, 0.1) is 17.7 Å². The van der Waals surface area contributed by atoms with E-state index in [1.54, 1.807) is 6.20 Å². The number of nitriles is 1. The summed E-state index contributed by atoms with van der Waals surface area (Å²) in [7, 11) is 0. The molecule has 1 aliphatic carbocycles. The molecule has 2 N–H and O–H groups in total. The summed E-state index contributed by atoms with van der Waals surface area (Å²) in [6.07, 6.45) is 6.63. The first kappa shape index (κ1) is 19.7. The standard InChI is InChI=1S/C23H30N6/c1-4-16-7-8-26-21(11-16)27-19-12-18(13-24)23(28-22(19)17-5-6-17)29-10-9-25-20(14-29)15(2)3/h4,7-8,11,15,17,19-20,25H,1,5-6,9-10,12,14H2,2-3H3,(H,26,27). The van der Waals surface area contributed by atoms with Crippen LogP contribution in [0.4, 0.5) is 5.82 Å². The molecule has 29 heavy (non-hydrogen) atoms. The SMILES string of the molecule is C=Cc1ccnc(NC2CC(C#N)=C(N3CCNC(C(C)C)C3)N=C2C2CC2)c1. The van der Waals surface area contributed by atoms with Crippen LogP contribution in [0.5, 0.6) is 0 Å². The third kappa shape index (κ3) is 4.35. The molecule has 152 valence electrons. The van der Waals surface area contributed by atoms with Crippen molar-refractivity contribution in [2.45, 2.75) is 45.2 Å². The van der Waals surface area contributed by atoms with Gasteiger partial charge in [0.25, 0.3) is 0 Å². The molecular weight excluding hydrogens is 360 g/mol. The predicted octanol–water partition coefficient (Wildman–Crippen LogP) is 3.42. The van der Waals surface area contributed by atoms with E-state index < -0.39 is 0 Å². The topological polar surface area (TPSA) is 76.3 Å². The molecule has 1 aromatic rings. The van der Waals surface area contributed by atoms with Crippen molar-refractivity contribution in [3.63, 3.8) is 0 Å². The Hall–Kier alpha value is -2.65. The number of hydrogen-bond acceptors (Lipinski definition) is 6. The summed E-state index contributed by atoms with van der Waals surface area (Å²) >= 11 is 0. The average Bonchev–Trinajstić information content (AvgIpc) is 3.59. The van der Waals surface area contributed by atoms with E-state index in [-0.39, 0.29) is 6.04 Å². The van der Waals surface area contributed by atoms with E-state index in [9.17, 15) is 5.26 Å². The molecule has 6 nitrogen and oxygen atoms in total. The van der Waals surface area contributed by atoms with E-state index in [1.165, 1.54) is 18.6 Å². The van der Waals surface area contributed by atoms with Crippen molar-refractivity contribution in [1.82, 2.24) is 15.2 Å². The second kappa shape index (κ2) is 8.38. The number of anilines is 1.